The summed E-state index contributed by atoms with van der Waals surface area (Å²) in [5, 5.41) is 5.76. The van der Waals surface area contributed by atoms with Gasteiger partial charge in [-0.3, -0.25) is 9.59 Å². The first-order chi connectivity index (χ1) is 14.0. The Morgan fingerprint density at radius 3 is 2.28 bits per heavy atom. The molecular formula is C23H22BrN3O2. The third kappa shape index (κ3) is 5.23. The second-order valence-electron chi connectivity index (χ2n) is 6.73. The third-order valence-corrected chi connectivity index (χ3v) is 5.11. The van der Waals surface area contributed by atoms with Gasteiger partial charge >= 0.3 is 0 Å². The molecule has 0 aliphatic rings. The fraction of sp³-hybridized carbons (Fsp3) is 0.130. The highest BCUT2D eigenvalue weighted by molar-refractivity contribution is 9.10. The number of carbonyl (C=O) groups excluding carboxylic acids is 2. The first kappa shape index (κ1) is 20.6. The van der Waals surface area contributed by atoms with E-state index < -0.39 is 0 Å². The molecule has 148 valence electrons. The average molecular weight is 452 g/mol. The zero-order valence-corrected chi connectivity index (χ0v) is 17.9. The standard InChI is InChI=1S/C23H22BrN3O2/c1-27(2)17-9-7-8-16(14-17)15-25-22(28)19-11-4-6-13-21(19)26-23(29)18-10-3-5-12-20(18)24/h3-14H,15H2,1-2H3,(H,25,28)(H,26,29). The van der Waals surface area contributed by atoms with Gasteiger partial charge in [-0.25, -0.2) is 0 Å². The minimum Gasteiger partial charge on any atom is -0.378 e. The van der Waals surface area contributed by atoms with Gasteiger partial charge in [-0.2, -0.15) is 0 Å². The largest absolute Gasteiger partial charge is 0.378 e. The molecule has 3 aromatic rings. The van der Waals surface area contributed by atoms with E-state index in [-0.39, 0.29) is 11.8 Å². The fourth-order valence-corrected chi connectivity index (χ4v) is 3.31. The Bertz CT molecular complexity index is 1030. The zero-order chi connectivity index (χ0) is 20.8. The van der Waals surface area contributed by atoms with Crippen LogP contribution < -0.4 is 15.5 Å². The maximum atomic E-state index is 12.8. The highest BCUT2D eigenvalue weighted by Crippen LogP contribution is 2.20. The summed E-state index contributed by atoms with van der Waals surface area (Å²) in [6.07, 6.45) is 0. The maximum Gasteiger partial charge on any atom is 0.256 e. The lowest BCUT2D eigenvalue weighted by Crippen LogP contribution is -2.25. The Labute approximate surface area is 178 Å². The number of benzene rings is 3. The van der Waals surface area contributed by atoms with Crippen molar-refractivity contribution in [3.8, 4) is 0 Å². The van der Waals surface area contributed by atoms with Crippen molar-refractivity contribution in [3.05, 3.63) is 94.0 Å². The van der Waals surface area contributed by atoms with E-state index in [1.165, 1.54) is 0 Å². The molecule has 0 aromatic heterocycles. The second-order valence-corrected chi connectivity index (χ2v) is 7.58. The molecule has 3 rings (SSSR count). The summed E-state index contributed by atoms with van der Waals surface area (Å²) >= 11 is 3.38. The summed E-state index contributed by atoms with van der Waals surface area (Å²) < 4.78 is 0.695. The van der Waals surface area contributed by atoms with E-state index >= 15 is 0 Å². The molecule has 0 saturated heterocycles. The molecule has 0 fully saturated rings. The van der Waals surface area contributed by atoms with Crippen LogP contribution in [0.4, 0.5) is 11.4 Å². The third-order valence-electron chi connectivity index (χ3n) is 4.42. The van der Waals surface area contributed by atoms with Crippen LogP contribution in [0, 0.1) is 0 Å². The highest BCUT2D eigenvalue weighted by atomic mass is 79.9. The summed E-state index contributed by atoms with van der Waals surface area (Å²) in [4.78, 5) is 27.4. The molecule has 0 atom stereocenters. The predicted octanol–water partition coefficient (Wildman–Crippen LogP) is 4.70. The maximum absolute atomic E-state index is 12.8. The molecule has 3 aromatic carbocycles. The molecule has 2 amide bonds. The van der Waals surface area contributed by atoms with Gasteiger partial charge in [-0.15, -0.1) is 0 Å². The number of para-hydroxylation sites is 1. The van der Waals surface area contributed by atoms with Gasteiger partial charge in [0.2, 0.25) is 0 Å². The van der Waals surface area contributed by atoms with Gasteiger partial charge in [0.05, 0.1) is 16.8 Å². The van der Waals surface area contributed by atoms with Gasteiger partial charge in [-0.1, -0.05) is 36.4 Å². The first-order valence-electron chi connectivity index (χ1n) is 9.15. The first-order valence-corrected chi connectivity index (χ1v) is 9.94. The smallest absolute Gasteiger partial charge is 0.256 e. The Morgan fingerprint density at radius 1 is 0.862 bits per heavy atom. The summed E-state index contributed by atoms with van der Waals surface area (Å²) in [6, 6.07) is 22.1. The zero-order valence-electron chi connectivity index (χ0n) is 16.3. The van der Waals surface area contributed by atoms with Crippen LogP contribution in [0.1, 0.15) is 26.3 Å². The Morgan fingerprint density at radius 2 is 1.55 bits per heavy atom. The predicted molar refractivity (Wildman–Crippen MR) is 120 cm³/mol. The summed E-state index contributed by atoms with van der Waals surface area (Å²) in [7, 11) is 3.95. The molecular weight excluding hydrogens is 430 g/mol. The van der Waals surface area contributed by atoms with E-state index in [4.69, 9.17) is 0 Å². The summed E-state index contributed by atoms with van der Waals surface area (Å²) in [6.45, 7) is 0.396. The lowest BCUT2D eigenvalue weighted by molar-refractivity contribution is 0.0952. The van der Waals surface area contributed by atoms with E-state index in [0.717, 1.165) is 11.3 Å². The van der Waals surface area contributed by atoms with Crippen molar-refractivity contribution in [2.24, 2.45) is 0 Å². The fourth-order valence-electron chi connectivity index (χ4n) is 2.85. The number of anilines is 2. The van der Waals surface area contributed by atoms with Crippen molar-refractivity contribution in [2.75, 3.05) is 24.3 Å². The van der Waals surface area contributed by atoms with Gasteiger partial charge in [-0.05, 0) is 57.9 Å². The van der Waals surface area contributed by atoms with Gasteiger partial charge in [0.1, 0.15) is 0 Å². The lowest BCUT2D eigenvalue weighted by atomic mass is 10.1. The number of hydrogen-bond acceptors (Lipinski definition) is 3. The molecule has 6 heteroatoms. The van der Waals surface area contributed by atoms with Crippen LogP contribution in [-0.4, -0.2) is 25.9 Å². The van der Waals surface area contributed by atoms with Crippen LogP contribution >= 0.6 is 15.9 Å². The minimum absolute atomic E-state index is 0.247. The summed E-state index contributed by atoms with van der Waals surface area (Å²) in [5.74, 6) is -0.528. The number of nitrogens with one attached hydrogen (secondary N) is 2. The Hall–Kier alpha value is -3.12. The number of halogens is 1. The van der Waals surface area contributed by atoms with Gasteiger partial charge < -0.3 is 15.5 Å². The minimum atomic E-state index is -0.281. The van der Waals surface area contributed by atoms with Crippen LogP contribution in [0.25, 0.3) is 0 Å². The van der Waals surface area contributed by atoms with E-state index in [0.29, 0.717) is 27.8 Å². The molecule has 5 nitrogen and oxygen atoms in total. The van der Waals surface area contributed by atoms with Crippen molar-refractivity contribution >= 4 is 39.1 Å². The lowest BCUT2D eigenvalue weighted by Gasteiger charge is -2.15. The van der Waals surface area contributed by atoms with Crippen LogP contribution in [0.3, 0.4) is 0 Å². The molecule has 29 heavy (non-hydrogen) atoms. The molecule has 0 unspecified atom stereocenters. The van der Waals surface area contributed by atoms with Crippen molar-refractivity contribution in [1.82, 2.24) is 5.32 Å². The van der Waals surface area contributed by atoms with Crippen LogP contribution in [0.2, 0.25) is 0 Å². The molecule has 2 N–H and O–H groups in total. The normalized spacial score (nSPS) is 10.3. The Balaban J connectivity index is 1.73. The van der Waals surface area contributed by atoms with Crippen LogP contribution in [0.15, 0.2) is 77.3 Å². The highest BCUT2D eigenvalue weighted by Gasteiger charge is 2.15. The molecule has 0 saturated carbocycles. The monoisotopic (exact) mass is 451 g/mol. The number of amides is 2. The van der Waals surface area contributed by atoms with Gasteiger partial charge in [0.25, 0.3) is 11.8 Å². The van der Waals surface area contributed by atoms with Gasteiger partial charge in [0.15, 0.2) is 0 Å². The van der Waals surface area contributed by atoms with Crippen molar-refractivity contribution in [1.29, 1.82) is 0 Å². The SMILES string of the molecule is CN(C)c1cccc(CNC(=O)c2ccccc2NC(=O)c2ccccc2Br)c1. The molecule has 0 bridgehead atoms. The topological polar surface area (TPSA) is 61.4 Å². The van der Waals surface area contributed by atoms with Crippen molar-refractivity contribution in [3.63, 3.8) is 0 Å². The van der Waals surface area contributed by atoms with Gasteiger partial charge in [0, 0.05) is 30.8 Å². The molecule has 0 heterocycles. The second kappa shape index (κ2) is 9.39. The number of rotatable bonds is 6. The van der Waals surface area contributed by atoms with E-state index in [2.05, 4.69) is 26.6 Å². The van der Waals surface area contributed by atoms with Crippen molar-refractivity contribution < 1.29 is 9.59 Å². The van der Waals surface area contributed by atoms with Crippen LogP contribution in [-0.2, 0) is 6.54 Å². The summed E-state index contributed by atoms with van der Waals surface area (Å²) in [5.41, 5.74) is 3.45. The van der Waals surface area contributed by atoms with E-state index in [1.807, 2.05) is 49.3 Å². The number of hydrogen-bond donors (Lipinski definition) is 2. The van der Waals surface area contributed by atoms with E-state index in [9.17, 15) is 9.59 Å². The molecule has 0 aliphatic heterocycles. The van der Waals surface area contributed by atoms with E-state index in [1.54, 1.807) is 42.5 Å². The average Bonchev–Trinajstić information content (AvgIpc) is 2.73. The molecule has 0 spiro atoms. The quantitative estimate of drug-likeness (QED) is 0.570. The number of nitrogens with zero attached hydrogens (tertiary/aromatic N) is 1. The molecule has 0 radical (unpaired) electrons. The van der Waals surface area contributed by atoms with Crippen molar-refractivity contribution in [2.45, 2.75) is 6.54 Å². The van der Waals surface area contributed by atoms with Crippen LogP contribution in [0.5, 0.6) is 0 Å². The Kier molecular flexibility index (Phi) is 6.67. The molecule has 0 aliphatic carbocycles. The number of carbonyl (C=O) groups is 2.